The van der Waals surface area contributed by atoms with Crippen molar-refractivity contribution in [1.82, 2.24) is 18.8 Å². The molecule has 4 aromatic carbocycles. The van der Waals surface area contributed by atoms with Crippen molar-refractivity contribution in [2.24, 2.45) is 0 Å². The first-order valence-corrected chi connectivity index (χ1v) is 12.3. The van der Waals surface area contributed by atoms with Crippen LogP contribution in [-0.4, -0.2) is 18.8 Å². The van der Waals surface area contributed by atoms with Crippen molar-refractivity contribution in [3.8, 4) is 6.07 Å². The van der Waals surface area contributed by atoms with Gasteiger partial charge in [-0.1, -0.05) is 0 Å². The number of nitrogens with one attached hydrogen (secondary N) is 2. The molecule has 0 fully saturated rings. The first-order chi connectivity index (χ1) is 19.9. The molecule has 0 aliphatic carbocycles. The smallest absolute Gasteiger partial charge is 0.339 e. The molecule has 206 valence electrons. The summed E-state index contributed by atoms with van der Waals surface area (Å²) in [6, 6.07) is 12.2. The van der Waals surface area contributed by atoms with Gasteiger partial charge in [0, 0.05) is 26.9 Å². The topological polar surface area (TPSA) is 98.3 Å². The largest absolute Gasteiger partial charge is 0.416 e. The second kappa shape index (κ2) is 7.41. The van der Waals surface area contributed by atoms with Crippen LogP contribution in [0.4, 0.5) is 26.3 Å². The fourth-order valence-corrected chi connectivity index (χ4v) is 6.07. The minimum atomic E-state index is -4.66. The van der Waals surface area contributed by atoms with Crippen molar-refractivity contribution in [1.29, 1.82) is 5.26 Å². The van der Waals surface area contributed by atoms with Gasteiger partial charge in [-0.05, 0) is 54.6 Å². The molecule has 0 aliphatic rings. The average Bonchev–Trinajstić information content (AvgIpc) is 3.52. The van der Waals surface area contributed by atoms with E-state index >= 15 is 0 Å². The molecule has 0 saturated carbocycles. The number of imidazole rings is 2. The third kappa shape index (κ3) is 2.90. The summed E-state index contributed by atoms with van der Waals surface area (Å²) in [6.45, 7) is 0. The Kier molecular flexibility index (Phi) is 4.29. The normalized spacial score (nSPS) is 13.2. The molecule has 4 heterocycles. The van der Waals surface area contributed by atoms with Gasteiger partial charge >= 0.3 is 12.4 Å². The number of fused-ring (bicyclic) bond motifs is 8. The van der Waals surface area contributed by atoms with Gasteiger partial charge in [0.15, 0.2) is 0 Å². The van der Waals surface area contributed by atoms with Gasteiger partial charge in [-0.3, -0.25) is 18.4 Å². The van der Waals surface area contributed by atoms with Gasteiger partial charge in [0.25, 0.3) is 11.1 Å². The van der Waals surface area contributed by atoms with Gasteiger partial charge in [-0.25, -0.2) is 0 Å². The molecule has 0 radical (unpaired) electrons. The lowest BCUT2D eigenvalue weighted by Gasteiger charge is -2.14. The highest BCUT2D eigenvalue weighted by Gasteiger charge is 2.33. The quantitative estimate of drug-likeness (QED) is 0.156. The number of halogens is 6. The predicted octanol–water partition coefficient (Wildman–Crippen LogP) is 6.68. The third-order valence-electron chi connectivity index (χ3n) is 7.85. The van der Waals surface area contributed by atoms with Gasteiger partial charge in [0.1, 0.15) is 11.3 Å². The summed E-state index contributed by atoms with van der Waals surface area (Å²) >= 11 is 0. The second-order valence-corrected chi connectivity index (χ2v) is 10.1. The fraction of sp³-hybridized carbons (Fsp3) is 0.0690. The van der Waals surface area contributed by atoms with E-state index in [0.717, 1.165) is 33.1 Å². The van der Waals surface area contributed by atoms with Crippen LogP contribution in [0.25, 0.3) is 65.7 Å². The van der Waals surface area contributed by atoms with Gasteiger partial charge in [0.05, 0.1) is 50.2 Å². The molecule has 4 aromatic heterocycles. The van der Waals surface area contributed by atoms with Crippen LogP contribution in [0, 0.1) is 11.3 Å². The SMILES string of the molecule is N#Cc1cc2c(=O)n3c4cc(C(F)(F)F)ccc4[nH]c3c3ccc4c(=O)n5c6cc(C(F)(F)F)ccc6[nH]c5c1c4c23. The van der Waals surface area contributed by atoms with Crippen LogP contribution in [0.2, 0.25) is 0 Å². The molecule has 42 heavy (non-hydrogen) atoms. The van der Waals surface area contributed by atoms with E-state index in [0.29, 0.717) is 10.8 Å². The monoisotopic (exact) mass is 575 g/mol. The zero-order valence-corrected chi connectivity index (χ0v) is 20.6. The minimum Gasteiger partial charge on any atom is -0.339 e. The molecule has 0 unspecified atom stereocenters. The molecule has 0 amide bonds. The number of aromatic amines is 2. The molecule has 0 bridgehead atoms. The van der Waals surface area contributed by atoms with Crippen molar-refractivity contribution < 1.29 is 26.3 Å². The number of rotatable bonds is 0. The van der Waals surface area contributed by atoms with E-state index in [1.807, 2.05) is 6.07 Å². The lowest BCUT2D eigenvalue weighted by molar-refractivity contribution is -0.138. The van der Waals surface area contributed by atoms with E-state index in [4.69, 9.17) is 0 Å². The first-order valence-electron chi connectivity index (χ1n) is 12.3. The molecular formula is C29H11F6N5O2. The number of hydrogen-bond donors (Lipinski definition) is 2. The summed E-state index contributed by atoms with van der Waals surface area (Å²) in [4.78, 5) is 33.7. The maximum atomic E-state index is 13.9. The van der Waals surface area contributed by atoms with E-state index < -0.39 is 34.6 Å². The molecule has 0 aliphatic heterocycles. The summed E-state index contributed by atoms with van der Waals surface area (Å²) in [5, 5.41) is 11.3. The molecule has 0 atom stereocenters. The Balaban J connectivity index is 1.61. The van der Waals surface area contributed by atoms with E-state index in [1.165, 1.54) is 30.3 Å². The zero-order chi connectivity index (χ0) is 29.5. The van der Waals surface area contributed by atoms with Crippen LogP contribution in [-0.2, 0) is 12.4 Å². The summed E-state index contributed by atoms with van der Waals surface area (Å²) in [5.74, 6) is 0. The number of nitrogens with zero attached hydrogens (tertiary/aromatic N) is 3. The lowest BCUT2D eigenvalue weighted by atomic mass is 9.93. The number of aromatic nitrogens is 4. The summed E-state index contributed by atoms with van der Waals surface area (Å²) in [5.41, 5.74) is -2.68. The molecular weight excluding hydrogens is 564 g/mol. The Morgan fingerprint density at radius 2 is 1.14 bits per heavy atom. The average molecular weight is 575 g/mol. The Bertz CT molecular complexity index is 2660. The standard InChI is InChI=1S/C29H11F6N5O2/c30-28(31,32)12-1-5-17-19(8-12)39-24(37-17)14-3-4-15-23-21(11(10-36)7-16(22(14)23)27(39)42)25-38-18-6-2-13(29(33,34)35)9-20(18)40(25)26(15)41/h1-9,37-38H. The number of hydrogen-bond acceptors (Lipinski definition) is 3. The molecule has 8 rings (SSSR count). The van der Waals surface area contributed by atoms with Crippen LogP contribution >= 0.6 is 0 Å². The maximum Gasteiger partial charge on any atom is 0.416 e. The number of benzene rings is 4. The Morgan fingerprint density at radius 1 is 0.619 bits per heavy atom. The van der Waals surface area contributed by atoms with Gasteiger partial charge in [0.2, 0.25) is 0 Å². The summed E-state index contributed by atoms with van der Waals surface area (Å²) in [7, 11) is 0. The van der Waals surface area contributed by atoms with Gasteiger partial charge in [-0.2, -0.15) is 31.6 Å². The number of alkyl halides is 6. The van der Waals surface area contributed by atoms with Crippen molar-refractivity contribution in [2.45, 2.75) is 12.4 Å². The van der Waals surface area contributed by atoms with Crippen molar-refractivity contribution in [3.63, 3.8) is 0 Å². The number of pyridine rings is 2. The highest BCUT2D eigenvalue weighted by molar-refractivity contribution is 6.29. The fourth-order valence-electron chi connectivity index (χ4n) is 6.07. The van der Waals surface area contributed by atoms with Crippen molar-refractivity contribution in [3.05, 3.63) is 92.0 Å². The summed E-state index contributed by atoms with van der Waals surface area (Å²) in [6.07, 6.45) is -9.32. The highest BCUT2D eigenvalue weighted by Crippen LogP contribution is 2.40. The lowest BCUT2D eigenvalue weighted by Crippen LogP contribution is -2.17. The molecule has 0 saturated heterocycles. The summed E-state index contributed by atoms with van der Waals surface area (Å²) < 4.78 is 83.2. The zero-order valence-electron chi connectivity index (χ0n) is 20.6. The van der Waals surface area contributed by atoms with Crippen molar-refractivity contribution >= 4 is 65.7 Å². The van der Waals surface area contributed by atoms with Crippen LogP contribution in [0.15, 0.2) is 64.2 Å². The minimum absolute atomic E-state index is 0.00493. The predicted molar refractivity (Wildman–Crippen MR) is 143 cm³/mol. The first kappa shape index (κ1) is 24.3. The van der Waals surface area contributed by atoms with E-state index in [2.05, 4.69) is 9.97 Å². The Labute approximate surface area is 226 Å². The number of H-pyrrole nitrogens is 2. The van der Waals surface area contributed by atoms with Crippen LogP contribution in [0.1, 0.15) is 16.7 Å². The maximum absolute atomic E-state index is 13.9. The van der Waals surface area contributed by atoms with Gasteiger partial charge < -0.3 is 9.97 Å². The van der Waals surface area contributed by atoms with E-state index in [1.54, 1.807) is 0 Å². The third-order valence-corrected chi connectivity index (χ3v) is 7.85. The molecule has 8 aromatic rings. The van der Waals surface area contributed by atoms with Crippen molar-refractivity contribution in [2.75, 3.05) is 0 Å². The Hall–Kier alpha value is -5.51. The molecule has 7 nitrogen and oxygen atoms in total. The van der Waals surface area contributed by atoms with E-state index in [9.17, 15) is 41.2 Å². The van der Waals surface area contributed by atoms with Gasteiger partial charge in [-0.15, -0.1) is 0 Å². The van der Waals surface area contributed by atoms with Crippen LogP contribution in [0.5, 0.6) is 0 Å². The van der Waals surface area contributed by atoms with Crippen LogP contribution < -0.4 is 11.1 Å². The number of nitriles is 1. The molecule has 0 spiro atoms. The molecule has 13 heteroatoms. The van der Waals surface area contributed by atoms with E-state index in [-0.39, 0.29) is 60.5 Å². The second-order valence-electron chi connectivity index (χ2n) is 10.1. The Morgan fingerprint density at radius 3 is 1.71 bits per heavy atom. The highest BCUT2D eigenvalue weighted by atomic mass is 19.4. The van der Waals surface area contributed by atoms with Crippen LogP contribution in [0.3, 0.4) is 0 Å². The molecule has 2 N–H and O–H groups in total.